The van der Waals surface area contributed by atoms with E-state index >= 15 is 0 Å². The van der Waals surface area contributed by atoms with Crippen molar-refractivity contribution in [3.63, 3.8) is 0 Å². The molecule has 0 aliphatic heterocycles. The molecule has 0 saturated heterocycles. The Morgan fingerprint density at radius 3 is 2.19 bits per heavy atom. The van der Waals surface area contributed by atoms with E-state index in [2.05, 4.69) is 27.7 Å². The van der Waals surface area contributed by atoms with Gasteiger partial charge in [-0.3, -0.25) is 4.79 Å². The predicted octanol–water partition coefficient (Wildman–Crippen LogP) is 5.19. The molecule has 0 bridgehead atoms. The third-order valence-electron chi connectivity index (χ3n) is 4.04. The summed E-state index contributed by atoms with van der Waals surface area (Å²) >= 11 is 0. The third kappa shape index (κ3) is 4.20. The average Bonchev–Trinajstić information content (AvgIpc) is 2.45. The van der Waals surface area contributed by atoms with Crippen molar-refractivity contribution in [2.24, 2.45) is 5.41 Å². The SMILES string of the molecule is CCC(C)(C)C.COC1=C(C)C(=O)C(C)c2ccccc21. The first-order chi connectivity index (χ1) is 9.72. The van der Waals surface area contributed by atoms with Gasteiger partial charge in [-0.2, -0.15) is 0 Å². The molecule has 0 aromatic heterocycles. The van der Waals surface area contributed by atoms with Crippen molar-refractivity contribution in [1.29, 1.82) is 0 Å². The molecule has 0 radical (unpaired) electrons. The summed E-state index contributed by atoms with van der Waals surface area (Å²) in [7, 11) is 1.61. The summed E-state index contributed by atoms with van der Waals surface area (Å²) in [6.07, 6.45) is 1.27. The van der Waals surface area contributed by atoms with Gasteiger partial charge in [-0.1, -0.05) is 65.3 Å². The van der Waals surface area contributed by atoms with E-state index in [0.29, 0.717) is 11.2 Å². The van der Waals surface area contributed by atoms with Gasteiger partial charge in [0.1, 0.15) is 5.76 Å². The summed E-state index contributed by atoms with van der Waals surface area (Å²) in [6.45, 7) is 12.7. The minimum Gasteiger partial charge on any atom is -0.496 e. The molecule has 21 heavy (non-hydrogen) atoms. The number of rotatable bonds is 1. The summed E-state index contributed by atoms with van der Waals surface area (Å²) in [4.78, 5) is 11.9. The number of hydrogen-bond acceptors (Lipinski definition) is 2. The quantitative estimate of drug-likeness (QED) is 0.710. The van der Waals surface area contributed by atoms with Crippen molar-refractivity contribution in [2.75, 3.05) is 7.11 Å². The summed E-state index contributed by atoms with van der Waals surface area (Å²) in [5.41, 5.74) is 3.37. The molecule has 1 aliphatic rings. The van der Waals surface area contributed by atoms with Crippen molar-refractivity contribution < 1.29 is 9.53 Å². The molecule has 0 spiro atoms. The van der Waals surface area contributed by atoms with Crippen LogP contribution in [0.15, 0.2) is 29.8 Å². The van der Waals surface area contributed by atoms with Gasteiger partial charge in [0.25, 0.3) is 0 Å². The number of methoxy groups -OCH3 is 1. The Morgan fingerprint density at radius 2 is 1.71 bits per heavy atom. The van der Waals surface area contributed by atoms with Crippen molar-refractivity contribution >= 4 is 11.5 Å². The Bertz CT molecular complexity index is 533. The van der Waals surface area contributed by atoms with Gasteiger partial charge in [0.2, 0.25) is 0 Å². The van der Waals surface area contributed by atoms with E-state index in [1.165, 1.54) is 6.42 Å². The van der Waals surface area contributed by atoms with E-state index in [9.17, 15) is 4.79 Å². The van der Waals surface area contributed by atoms with Crippen LogP contribution in [-0.4, -0.2) is 12.9 Å². The molecular weight excluding hydrogens is 260 g/mol. The van der Waals surface area contributed by atoms with Crippen LogP contribution in [-0.2, 0) is 9.53 Å². The second-order valence-corrected chi connectivity index (χ2v) is 6.75. The zero-order valence-electron chi connectivity index (χ0n) is 14.4. The van der Waals surface area contributed by atoms with Crippen LogP contribution >= 0.6 is 0 Å². The van der Waals surface area contributed by atoms with Crippen molar-refractivity contribution in [3.8, 4) is 0 Å². The minimum atomic E-state index is -0.0555. The molecule has 0 heterocycles. The summed E-state index contributed by atoms with van der Waals surface area (Å²) in [5, 5.41) is 0. The molecule has 0 fully saturated rings. The Labute approximate surface area is 129 Å². The highest BCUT2D eigenvalue weighted by Crippen LogP contribution is 2.35. The lowest BCUT2D eigenvalue weighted by Gasteiger charge is -2.24. The molecule has 1 aromatic rings. The topological polar surface area (TPSA) is 26.3 Å². The number of ketones is 1. The molecule has 2 rings (SSSR count). The second kappa shape index (κ2) is 6.93. The number of allylic oxidation sites excluding steroid dienone is 1. The van der Waals surface area contributed by atoms with E-state index in [1.807, 2.05) is 38.1 Å². The smallest absolute Gasteiger partial charge is 0.169 e. The number of benzene rings is 1. The van der Waals surface area contributed by atoms with Crippen molar-refractivity contribution in [3.05, 3.63) is 41.0 Å². The van der Waals surface area contributed by atoms with E-state index in [1.54, 1.807) is 7.11 Å². The van der Waals surface area contributed by atoms with Gasteiger partial charge in [0.05, 0.1) is 7.11 Å². The maximum Gasteiger partial charge on any atom is 0.169 e. The van der Waals surface area contributed by atoms with Crippen LogP contribution in [0.1, 0.15) is 65.0 Å². The molecule has 1 aliphatic carbocycles. The van der Waals surface area contributed by atoms with Gasteiger partial charge in [0.15, 0.2) is 5.78 Å². The zero-order valence-corrected chi connectivity index (χ0v) is 14.4. The third-order valence-corrected chi connectivity index (χ3v) is 4.04. The molecule has 2 nitrogen and oxygen atoms in total. The maximum absolute atomic E-state index is 11.9. The zero-order chi connectivity index (χ0) is 16.2. The van der Waals surface area contributed by atoms with Gasteiger partial charge in [-0.15, -0.1) is 0 Å². The number of carbonyl (C=O) groups excluding carboxylic acids is 1. The normalized spacial score (nSPS) is 17.9. The fraction of sp³-hybridized carbons (Fsp3) is 0.526. The molecule has 1 unspecified atom stereocenters. The lowest BCUT2D eigenvalue weighted by Crippen LogP contribution is -2.19. The molecule has 0 saturated carbocycles. The first-order valence-corrected chi connectivity index (χ1v) is 7.61. The standard InChI is InChI=1S/C13H14O2.C6H14/c1-8-10-6-4-5-7-11(10)13(15-3)9(2)12(8)14;1-5-6(2,3)4/h4-8H,1-3H3;5H2,1-4H3. The van der Waals surface area contributed by atoms with E-state index in [-0.39, 0.29) is 11.7 Å². The Hall–Kier alpha value is -1.57. The fourth-order valence-corrected chi connectivity index (χ4v) is 2.12. The second-order valence-electron chi connectivity index (χ2n) is 6.75. The Balaban J connectivity index is 0.000000315. The van der Waals surface area contributed by atoms with E-state index in [0.717, 1.165) is 16.7 Å². The molecule has 1 aromatic carbocycles. The van der Waals surface area contributed by atoms with Crippen LogP contribution in [0, 0.1) is 5.41 Å². The highest BCUT2D eigenvalue weighted by atomic mass is 16.5. The van der Waals surface area contributed by atoms with Crippen molar-refractivity contribution in [1.82, 2.24) is 0 Å². The van der Waals surface area contributed by atoms with Gasteiger partial charge in [0, 0.05) is 17.1 Å². The molecule has 2 heteroatoms. The van der Waals surface area contributed by atoms with Gasteiger partial charge in [-0.05, 0) is 17.9 Å². The molecule has 1 atom stereocenters. The van der Waals surface area contributed by atoms with Crippen LogP contribution in [0.25, 0.3) is 5.76 Å². The van der Waals surface area contributed by atoms with E-state index in [4.69, 9.17) is 4.74 Å². The van der Waals surface area contributed by atoms with Crippen LogP contribution in [0.2, 0.25) is 0 Å². The van der Waals surface area contributed by atoms with E-state index < -0.39 is 0 Å². The first-order valence-electron chi connectivity index (χ1n) is 7.61. The van der Waals surface area contributed by atoms with Crippen LogP contribution < -0.4 is 0 Å². The molecule has 116 valence electrons. The lowest BCUT2D eigenvalue weighted by molar-refractivity contribution is -0.116. The first kappa shape index (κ1) is 17.5. The molecule has 0 N–H and O–H groups in total. The van der Waals surface area contributed by atoms with Crippen LogP contribution in [0.5, 0.6) is 0 Å². The molecule has 0 amide bonds. The monoisotopic (exact) mass is 288 g/mol. The summed E-state index contributed by atoms with van der Waals surface area (Å²) < 4.78 is 5.31. The number of Topliss-reactive ketones (excluding diaryl/α,β-unsaturated/α-hetero) is 1. The molecular formula is C19H28O2. The van der Waals surface area contributed by atoms with Gasteiger partial charge >= 0.3 is 0 Å². The number of ether oxygens (including phenoxy) is 1. The highest BCUT2D eigenvalue weighted by Gasteiger charge is 2.29. The average molecular weight is 288 g/mol. The highest BCUT2D eigenvalue weighted by molar-refractivity contribution is 6.08. The Morgan fingerprint density at radius 1 is 1.19 bits per heavy atom. The fourth-order valence-electron chi connectivity index (χ4n) is 2.12. The predicted molar refractivity (Wildman–Crippen MR) is 89.2 cm³/mol. The summed E-state index contributed by atoms with van der Waals surface area (Å²) in [6, 6.07) is 7.91. The number of hydrogen-bond donors (Lipinski definition) is 0. The lowest BCUT2D eigenvalue weighted by atomic mass is 9.82. The maximum atomic E-state index is 11.9. The minimum absolute atomic E-state index is 0.0555. The van der Waals surface area contributed by atoms with Gasteiger partial charge < -0.3 is 4.74 Å². The number of fused-ring (bicyclic) bond motifs is 1. The Kier molecular flexibility index (Phi) is 5.77. The van der Waals surface area contributed by atoms with Gasteiger partial charge in [-0.25, -0.2) is 0 Å². The number of carbonyl (C=O) groups is 1. The summed E-state index contributed by atoms with van der Waals surface area (Å²) in [5.74, 6) is 0.819. The van der Waals surface area contributed by atoms with Crippen LogP contribution in [0.4, 0.5) is 0 Å². The van der Waals surface area contributed by atoms with Crippen LogP contribution in [0.3, 0.4) is 0 Å². The van der Waals surface area contributed by atoms with Crippen molar-refractivity contribution in [2.45, 2.75) is 53.9 Å². The largest absolute Gasteiger partial charge is 0.496 e.